The third kappa shape index (κ3) is 13.7. The van der Waals surface area contributed by atoms with Crippen molar-refractivity contribution in [1.82, 2.24) is 5.32 Å². The van der Waals surface area contributed by atoms with Crippen LogP contribution in [0, 0.1) is 17.8 Å². The van der Waals surface area contributed by atoms with Gasteiger partial charge in [0.2, 0.25) is 0 Å². The van der Waals surface area contributed by atoms with Crippen LogP contribution in [0.4, 0.5) is 4.79 Å². The van der Waals surface area contributed by atoms with Crippen LogP contribution >= 0.6 is 0 Å². The summed E-state index contributed by atoms with van der Waals surface area (Å²) in [5.74, 6) is -1.61. The van der Waals surface area contributed by atoms with E-state index in [1.54, 1.807) is 13.0 Å². The normalized spacial score (nSPS) is 12.8. The van der Waals surface area contributed by atoms with E-state index in [0.717, 1.165) is 0 Å². The van der Waals surface area contributed by atoms with Crippen molar-refractivity contribution in [3.8, 4) is 11.5 Å². The lowest BCUT2D eigenvalue weighted by molar-refractivity contribution is -0.139. The number of carbonyl (C=O) groups is 4. The van der Waals surface area contributed by atoms with E-state index in [0.29, 0.717) is 5.56 Å². The molecule has 37 heavy (non-hydrogen) atoms. The maximum atomic E-state index is 12.3. The maximum absolute atomic E-state index is 12.3. The Morgan fingerprint density at radius 3 is 1.92 bits per heavy atom. The van der Waals surface area contributed by atoms with Crippen LogP contribution in [0.25, 0.3) is 0 Å². The average Bonchev–Trinajstić information content (AvgIpc) is 2.75. The van der Waals surface area contributed by atoms with Gasteiger partial charge in [0.15, 0.2) is 11.5 Å². The molecule has 0 saturated carbocycles. The van der Waals surface area contributed by atoms with Gasteiger partial charge in [-0.3, -0.25) is 14.4 Å². The zero-order chi connectivity index (χ0) is 28.1. The first-order valence-electron chi connectivity index (χ1n) is 12.6. The molecule has 0 fully saturated rings. The van der Waals surface area contributed by atoms with Crippen LogP contribution in [-0.4, -0.2) is 54.5 Å². The number of hydrogen-bond donors (Lipinski definition) is 2. The molecule has 1 aromatic carbocycles. The molecule has 0 aliphatic rings. The van der Waals surface area contributed by atoms with E-state index in [-0.39, 0.29) is 61.7 Å². The summed E-state index contributed by atoms with van der Waals surface area (Å²) in [5.41, 5.74) is 0.542. The van der Waals surface area contributed by atoms with E-state index in [9.17, 15) is 24.3 Å². The van der Waals surface area contributed by atoms with Crippen molar-refractivity contribution in [2.45, 2.75) is 79.9 Å². The van der Waals surface area contributed by atoms with Gasteiger partial charge in [-0.25, -0.2) is 4.79 Å². The van der Waals surface area contributed by atoms with Gasteiger partial charge in [0.1, 0.15) is 12.1 Å². The summed E-state index contributed by atoms with van der Waals surface area (Å²) in [5, 5.41) is 12.6. The van der Waals surface area contributed by atoms with Gasteiger partial charge in [0.25, 0.3) is 0 Å². The molecule has 0 aliphatic heterocycles. The molecule has 2 atom stereocenters. The second-order valence-electron chi connectivity index (χ2n) is 10.3. The Hall–Kier alpha value is -3.14. The number of carboxylic acids is 1. The number of benzene rings is 1. The van der Waals surface area contributed by atoms with Crippen molar-refractivity contribution in [2.75, 3.05) is 13.2 Å². The molecule has 1 rings (SSSR count). The molecule has 0 radical (unpaired) electrons. The monoisotopic (exact) mass is 523 g/mol. The Morgan fingerprint density at radius 2 is 1.41 bits per heavy atom. The standard InChI is InChI=1S/C27H41NO9/c1-16(2)10-24(29)36-22-9-8-20(13-23(22)37-25(30)11-17(3)4)12-21(26(31)32)28-14-19(7)35-27(33)34-15-18(5)6/h8-9,13,16-19,21,28H,10-12,14-15H2,1-7H3,(H,31,32)/t19?,21-/m0/s1. The highest BCUT2D eigenvalue weighted by Crippen LogP contribution is 2.30. The predicted octanol–water partition coefficient (Wildman–Crippen LogP) is 4.37. The van der Waals surface area contributed by atoms with E-state index in [2.05, 4.69) is 5.32 Å². The van der Waals surface area contributed by atoms with Gasteiger partial charge in [0.05, 0.1) is 6.61 Å². The largest absolute Gasteiger partial charge is 0.508 e. The highest BCUT2D eigenvalue weighted by atomic mass is 16.7. The van der Waals surface area contributed by atoms with Crippen LogP contribution in [0.1, 0.15) is 66.9 Å². The van der Waals surface area contributed by atoms with Crippen LogP contribution in [-0.2, 0) is 30.3 Å². The van der Waals surface area contributed by atoms with Gasteiger partial charge in [0, 0.05) is 19.4 Å². The van der Waals surface area contributed by atoms with Gasteiger partial charge in [-0.15, -0.1) is 0 Å². The molecule has 0 aromatic heterocycles. The average molecular weight is 524 g/mol. The fourth-order valence-electron chi connectivity index (χ4n) is 3.10. The summed E-state index contributed by atoms with van der Waals surface area (Å²) in [6, 6.07) is 3.57. The third-order valence-electron chi connectivity index (χ3n) is 4.83. The number of aliphatic carboxylic acids is 1. The number of carbonyl (C=O) groups excluding carboxylic acids is 3. The molecule has 0 aliphatic carbocycles. The minimum absolute atomic E-state index is 0.0365. The molecule has 0 heterocycles. The van der Waals surface area contributed by atoms with Gasteiger partial charge < -0.3 is 29.4 Å². The summed E-state index contributed by atoms with van der Waals surface area (Å²) in [6.45, 7) is 13.2. The Labute approximate surface area is 219 Å². The number of rotatable bonds is 15. The van der Waals surface area contributed by atoms with Gasteiger partial charge in [-0.2, -0.15) is 0 Å². The van der Waals surface area contributed by atoms with E-state index >= 15 is 0 Å². The summed E-state index contributed by atoms with van der Waals surface area (Å²) >= 11 is 0. The lowest BCUT2D eigenvalue weighted by Gasteiger charge is -2.19. The number of esters is 2. The van der Waals surface area contributed by atoms with Crippen molar-refractivity contribution in [3.63, 3.8) is 0 Å². The van der Waals surface area contributed by atoms with Crippen LogP contribution in [0.5, 0.6) is 11.5 Å². The summed E-state index contributed by atoms with van der Waals surface area (Å²) in [6.07, 6.45) is -1.05. The van der Waals surface area contributed by atoms with Crippen LogP contribution in [0.3, 0.4) is 0 Å². The fourth-order valence-corrected chi connectivity index (χ4v) is 3.10. The molecule has 0 amide bonds. The number of carboxylic acid groups (broad SMARTS) is 1. The molecular weight excluding hydrogens is 482 g/mol. The first-order valence-corrected chi connectivity index (χ1v) is 12.6. The fraction of sp³-hybridized carbons (Fsp3) is 0.630. The number of nitrogens with one attached hydrogen (secondary N) is 1. The highest BCUT2D eigenvalue weighted by molar-refractivity contribution is 5.77. The molecule has 2 N–H and O–H groups in total. The topological polar surface area (TPSA) is 137 Å². The third-order valence-corrected chi connectivity index (χ3v) is 4.83. The Bertz CT molecular complexity index is 911. The molecule has 208 valence electrons. The van der Waals surface area contributed by atoms with Crippen LogP contribution in [0.2, 0.25) is 0 Å². The van der Waals surface area contributed by atoms with Crippen LogP contribution in [0.15, 0.2) is 18.2 Å². The first-order chi connectivity index (χ1) is 17.3. The number of ether oxygens (including phenoxy) is 4. The maximum Gasteiger partial charge on any atom is 0.508 e. The summed E-state index contributed by atoms with van der Waals surface area (Å²) in [4.78, 5) is 48.1. The van der Waals surface area contributed by atoms with Gasteiger partial charge in [-0.1, -0.05) is 47.6 Å². The Morgan fingerprint density at radius 1 is 0.838 bits per heavy atom. The minimum atomic E-state index is -1.11. The second-order valence-corrected chi connectivity index (χ2v) is 10.3. The van der Waals surface area contributed by atoms with Crippen molar-refractivity contribution in [3.05, 3.63) is 23.8 Å². The molecule has 10 heteroatoms. The second kappa shape index (κ2) is 15.9. The first kappa shape index (κ1) is 31.9. The molecular formula is C27H41NO9. The van der Waals surface area contributed by atoms with E-state index in [1.165, 1.54) is 12.1 Å². The molecule has 1 unspecified atom stereocenters. The molecule has 10 nitrogen and oxygen atoms in total. The Balaban J connectivity index is 2.94. The van der Waals surface area contributed by atoms with Crippen molar-refractivity contribution < 1.29 is 43.2 Å². The van der Waals surface area contributed by atoms with Gasteiger partial charge >= 0.3 is 24.1 Å². The Kier molecular flexibility index (Phi) is 13.7. The molecule has 1 aromatic rings. The summed E-state index contributed by atoms with van der Waals surface area (Å²) in [7, 11) is 0. The minimum Gasteiger partial charge on any atom is -0.480 e. The smallest absolute Gasteiger partial charge is 0.480 e. The molecule has 0 saturated heterocycles. The van der Waals surface area contributed by atoms with Crippen molar-refractivity contribution >= 4 is 24.1 Å². The molecule has 0 bridgehead atoms. The van der Waals surface area contributed by atoms with E-state index in [4.69, 9.17) is 18.9 Å². The van der Waals surface area contributed by atoms with Crippen molar-refractivity contribution in [1.29, 1.82) is 0 Å². The number of hydrogen-bond acceptors (Lipinski definition) is 9. The summed E-state index contributed by atoms with van der Waals surface area (Å²) < 4.78 is 21.0. The lowest BCUT2D eigenvalue weighted by Crippen LogP contribution is -2.42. The van der Waals surface area contributed by atoms with Crippen LogP contribution < -0.4 is 14.8 Å². The van der Waals surface area contributed by atoms with Crippen molar-refractivity contribution in [2.24, 2.45) is 17.8 Å². The SMILES string of the molecule is CC(C)COC(=O)OC(C)CN[C@@H](Cc1ccc(OC(=O)CC(C)C)c(OC(=O)CC(C)C)c1)C(=O)O. The zero-order valence-corrected chi connectivity index (χ0v) is 22.9. The highest BCUT2D eigenvalue weighted by Gasteiger charge is 2.22. The lowest BCUT2D eigenvalue weighted by atomic mass is 10.0. The van der Waals surface area contributed by atoms with E-state index in [1.807, 2.05) is 41.5 Å². The zero-order valence-electron chi connectivity index (χ0n) is 22.9. The molecule has 0 spiro atoms. The van der Waals surface area contributed by atoms with Gasteiger partial charge in [-0.05, 0) is 48.8 Å². The van der Waals surface area contributed by atoms with E-state index < -0.39 is 36.2 Å². The quantitative estimate of drug-likeness (QED) is 0.252. The predicted molar refractivity (Wildman–Crippen MR) is 136 cm³/mol.